The molecule has 3 nitrogen and oxygen atoms in total. The smallest absolute Gasteiger partial charge is 0.144 e. The lowest BCUT2D eigenvalue weighted by Crippen LogP contribution is -2.19. The standard InChI is InChI=1S/C13H14BrF2N3/c1-19-7-6-18-12(19)4-5-17-8-9-11(15)3-2-10(14)13(9)16/h2-3,6-7,17H,4-5,8H2,1H3. The first-order valence-electron chi connectivity index (χ1n) is 5.89. The second kappa shape index (κ2) is 6.25. The third-order valence-electron chi connectivity index (χ3n) is 2.89. The average Bonchev–Trinajstić information content (AvgIpc) is 2.79. The van der Waals surface area contributed by atoms with Crippen molar-refractivity contribution in [1.82, 2.24) is 14.9 Å². The van der Waals surface area contributed by atoms with Gasteiger partial charge in [0.2, 0.25) is 0 Å². The molecule has 1 N–H and O–H groups in total. The van der Waals surface area contributed by atoms with Crippen molar-refractivity contribution in [1.29, 1.82) is 0 Å². The van der Waals surface area contributed by atoms with Gasteiger partial charge in [-0.25, -0.2) is 13.8 Å². The molecule has 1 aromatic carbocycles. The van der Waals surface area contributed by atoms with Crippen LogP contribution in [0.3, 0.4) is 0 Å². The van der Waals surface area contributed by atoms with E-state index in [2.05, 4.69) is 26.2 Å². The lowest BCUT2D eigenvalue weighted by molar-refractivity contribution is 0.531. The Balaban J connectivity index is 1.90. The van der Waals surface area contributed by atoms with E-state index in [4.69, 9.17) is 0 Å². The van der Waals surface area contributed by atoms with Gasteiger partial charge < -0.3 is 9.88 Å². The van der Waals surface area contributed by atoms with Gasteiger partial charge in [-0.1, -0.05) is 0 Å². The molecule has 0 spiro atoms. The highest BCUT2D eigenvalue weighted by Crippen LogP contribution is 2.21. The SMILES string of the molecule is Cn1ccnc1CCNCc1c(F)ccc(Br)c1F. The van der Waals surface area contributed by atoms with E-state index < -0.39 is 11.6 Å². The van der Waals surface area contributed by atoms with Crippen molar-refractivity contribution < 1.29 is 8.78 Å². The predicted molar refractivity (Wildman–Crippen MR) is 72.7 cm³/mol. The summed E-state index contributed by atoms with van der Waals surface area (Å²) in [5, 5.41) is 3.02. The van der Waals surface area contributed by atoms with Gasteiger partial charge in [0, 0.05) is 44.5 Å². The highest BCUT2D eigenvalue weighted by molar-refractivity contribution is 9.10. The van der Waals surface area contributed by atoms with Gasteiger partial charge in [-0.05, 0) is 28.1 Å². The summed E-state index contributed by atoms with van der Waals surface area (Å²) in [5.41, 5.74) is 0.0502. The van der Waals surface area contributed by atoms with Crippen LogP contribution in [0, 0.1) is 11.6 Å². The summed E-state index contributed by atoms with van der Waals surface area (Å²) in [6, 6.07) is 2.62. The molecule has 0 bridgehead atoms. The molecule has 0 amide bonds. The summed E-state index contributed by atoms with van der Waals surface area (Å²) < 4.78 is 29.4. The van der Waals surface area contributed by atoms with Crippen LogP contribution in [0.25, 0.3) is 0 Å². The van der Waals surface area contributed by atoms with E-state index in [0.717, 1.165) is 5.82 Å². The van der Waals surface area contributed by atoms with Crippen molar-refractivity contribution >= 4 is 15.9 Å². The number of nitrogens with one attached hydrogen (secondary N) is 1. The fourth-order valence-electron chi connectivity index (χ4n) is 1.78. The van der Waals surface area contributed by atoms with Crippen LogP contribution in [0.5, 0.6) is 0 Å². The van der Waals surface area contributed by atoms with Gasteiger partial charge in [0.25, 0.3) is 0 Å². The topological polar surface area (TPSA) is 29.9 Å². The summed E-state index contributed by atoms with van der Waals surface area (Å²) in [6.45, 7) is 0.762. The zero-order valence-electron chi connectivity index (χ0n) is 10.5. The molecule has 0 saturated carbocycles. The molecule has 0 saturated heterocycles. The van der Waals surface area contributed by atoms with Crippen molar-refractivity contribution in [3.63, 3.8) is 0 Å². The van der Waals surface area contributed by atoms with E-state index in [-0.39, 0.29) is 16.6 Å². The molecular weight excluding hydrogens is 316 g/mol. The summed E-state index contributed by atoms with van der Waals surface area (Å²) in [7, 11) is 1.91. The van der Waals surface area contributed by atoms with Gasteiger partial charge in [0.05, 0.1) is 4.47 Å². The zero-order chi connectivity index (χ0) is 13.8. The Morgan fingerprint density at radius 2 is 2.16 bits per heavy atom. The number of imidazole rings is 1. The zero-order valence-corrected chi connectivity index (χ0v) is 12.0. The van der Waals surface area contributed by atoms with Gasteiger partial charge in [-0.2, -0.15) is 0 Å². The largest absolute Gasteiger partial charge is 0.338 e. The number of benzene rings is 1. The van der Waals surface area contributed by atoms with E-state index in [1.165, 1.54) is 12.1 Å². The second-order valence-electron chi connectivity index (χ2n) is 4.20. The maximum atomic E-state index is 13.7. The molecule has 102 valence electrons. The van der Waals surface area contributed by atoms with Crippen molar-refractivity contribution in [2.45, 2.75) is 13.0 Å². The van der Waals surface area contributed by atoms with E-state index in [0.29, 0.717) is 13.0 Å². The molecule has 0 radical (unpaired) electrons. The number of aromatic nitrogens is 2. The number of hydrogen-bond donors (Lipinski definition) is 1. The Kier molecular flexibility index (Phi) is 4.66. The van der Waals surface area contributed by atoms with E-state index in [1.54, 1.807) is 6.20 Å². The number of nitrogens with zero attached hydrogens (tertiary/aromatic N) is 2. The van der Waals surface area contributed by atoms with Gasteiger partial charge in [-0.15, -0.1) is 0 Å². The van der Waals surface area contributed by atoms with Crippen LogP contribution in [0.15, 0.2) is 29.0 Å². The quantitative estimate of drug-likeness (QED) is 0.675. The third-order valence-corrected chi connectivity index (χ3v) is 3.50. The molecule has 2 rings (SSSR count). The average molecular weight is 330 g/mol. The van der Waals surface area contributed by atoms with Crippen LogP contribution in [-0.4, -0.2) is 16.1 Å². The molecule has 1 aromatic heterocycles. The number of aryl methyl sites for hydroxylation is 1. The molecule has 6 heteroatoms. The fourth-order valence-corrected chi connectivity index (χ4v) is 2.15. The van der Waals surface area contributed by atoms with Crippen LogP contribution in [0.2, 0.25) is 0 Å². The van der Waals surface area contributed by atoms with Crippen LogP contribution in [-0.2, 0) is 20.0 Å². The highest BCUT2D eigenvalue weighted by Gasteiger charge is 2.11. The molecule has 0 fully saturated rings. The van der Waals surface area contributed by atoms with E-state index >= 15 is 0 Å². The normalized spacial score (nSPS) is 10.9. The van der Waals surface area contributed by atoms with Crippen LogP contribution in [0.4, 0.5) is 8.78 Å². The Morgan fingerprint density at radius 3 is 2.84 bits per heavy atom. The molecule has 0 aliphatic carbocycles. The number of hydrogen-bond acceptors (Lipinski definition) is 2. The van der Waals surface area contributed by atoms with Crippen molar-refractivity contribution in [2.75, 3.05) is 6.54 Å². The van der Waals surface area contributed by atoms with Crippen LogP contribution in [0.1, 0.15) is 11.4 Å². The van der Waals surface area contributed by atoms with E-state index in [9.17, 15) is 8.78 Å². The lowest BCUT2D eigenvalue weighted by atomic mass is 10.2. The summed E-state index contributed by atoms with van der Waals surface area (Å²) in [4.78, 5) is 4.18. The molecule has 0 unspecified atom stereocenters. The van der Waals surface area contributed by atoms with Crippen molar-refractivity contribution in [3.8, 4) is 0 Å². The first-order valence-corrected chi connectivity index (χ1v) is 6.68. The van der Waals surface area contributed by atoms with Gasteiger partial charge in [-0.3, -0.25) is 0 Å². The Bertz CT molecular complexity index is 569. The molecule has 1 heterocycles. The van der Waals surface area contributed by atoms with Gasteiger partial charge in [0.1, 0.15) is 17.5 Å². The number of rotatable bonds is 5. The van der Waals surface area contributed by atoms with Crippen LogP contribution < -0.4 is 5.32 Å². The summed E-state index contributed by atoms with van der Waals surface area (Å²) in [6.07, 6.45) is 4.30. The summed E-state index contributed by atoms with van der Waals surface area (Å²) in [5.74, 6) is -0.155. The molecule has 0 atom stereocenters. The fraction of sp³-hybridized carbons (Fsp3) is 0.308. The minimum atomic E-state index is -0.551. The Morgan fingerprint density at radius 1 is 1.37 bits per heavy atom. The molecule has 2 aromatic rings. The van der Waals surface area contributed by atoms with E-state index in [1.807, 2.05) is 17.8 Å². The molecule has 0 aliphatic rings. The van der Waals surface area contributed by atoms with Crippen LogP contribution >= 0.6 is 15.9 Å². The van der Waals surface area contributed by atoms with Crippen molar-refractivity contribution in [3.05, 3.63) is 52.0 Å². The minimum Gasteiger partial charge on any atom is -0.338 e. The summed E-state index contributed by atoms with van der Waals surface area (Å²) >= 11 is 3.05. The van der Waals surface area contributed by atoms with Gasteiger partial charge >= 0.3 is 0 Å². The number of halogens is 3. The monoisotopic (exact) mass is 329 g/mol. The molecular formula is C13H14BrF2N3. The Labute approximate surface area is 118 Å². The second-order valence-corrected chi connectivity index (χ2v) is 5.06. The predicted octanol–water partition coefficient (Wildman–Crippen LogP) is 2.79. The maximum Gasteiger partial charge on any atom is 0.144 e. The lowest BCUT2D eigenvalue weighted by Gasteiger charge is -2.08. The highest BCUT2D eigenvalue weighted by atomic mass is 79.9. The minimum absolute atomic E-state index is 0.0502. The maximum absolute atomic E-state index is 13.7. The molecule has 0 aliphatic heterocycles. The third kappa shape index (κ3) is 3.39. The van der Waals surface area contributed by atoms with Crippen molar-refractivity contribution in [2.24, 2.45) is 7.05 Å². The Hall–Kier alpha value is -1.27. The van der Waals surface area contributed by atoms with Gasteiger partial charge in [0.15, 0.2) is 0 Å². The first kappa shape index (κ1) is 14.1. The molecule has 19 heavy (non-hydrogen) atoms. The first-order chi connectivity index (χ1) is 9.09.